The van der Waals surface area contributed by atoms with Crippen molar-refractivity contribution < 1.29 is 5.11 Å². The van der Waals surface area contributed by atoms with Gasteiger partial charge in [-0.2, -0.15) is 0 Å². The van der Waals surface area contributed by atoms with Gasteiger partial charge in [0, 0.05) is 12.1 Å². The average molecular weight is 125 g/mol. The maximum absolute atomic E-state index is 8.69. The molecule has 50 valence electrons. The molecule has 1 aliphatic rings. The molecule has 0 aromatic rings. The van der Waals surface area contributed by atoms with E-state index in [4.69, 9.17) is 5.11 Å². The molecule has 0 aromatic heterocycles. The van der Waals surface area contributed by atoms with E-state index in [0.717, 1.165) is 17.8 Å². The van der Waals surface area contributed by atoms with Gasteiger partial charge in [0.25, 0.3) is 0 Å². The van der Waals surface area contributed by atoms with Gasteiger partial charge in [0.05, 0.1) is 12.3 Å². The van der Waals surface area contributed by atoms with Crippen LogP contribution in [0.2, 0.25) is 0 Å². The molecule has 0 saturated carbocycles. The lowest BCUT2D eigenvalue weighted by atomic mass is 10.2. The first kappa shape index (κ1) is 6.49. The molecule has 1 heterocycles. The summed E-state index contributed by atoms with van der Waals surface area (Å²) in [5.41, 5.74) is 3.17. The van der Waals surface area contributed by atoms with Crippen molar-refractivity contribution in [2.45, 2.75) is 20.3 Å². The van der Waals surface area contributed by atoms with Crippen LogP contribution in [0.1, 0.15) is 20.3 Å². The Balaban J connectivity index is 2.75. The molecule has 2 nitrogen and oxygen atoms in total. The molecule has 0 atom stereocenters. The lowest BCUT2D eigenvalue weighted by Crippen LogP contribution is -1.84. The number of nitrogens with zero attached hydrogens (tertiary/aromatic N) is 1. The molecule has 9 heavy (non-hydrogen) atoms. The van der Waals surface area contributed by atoms with Gasteiger partial charge in [-0.15, -0.1) is 0 Å². The maximum Gasteiger partial charge on any atom is 0.0852 e. The standard InChI is InChI=1S/C7H11NO/c1-5-3-6(2)8-7(5)4-9/h9H,3-4H2,1-2H3. The largest absolute Gasteiger partial charge is 0.390 e. The third kappa shape index (κ3) is 1.19. The van der Waals surface area contributed by atoms with Gasteiger partial charge in [-0.3, -0.25) is 4.99 Å². The number of aliphatic imine (C=N–C) groups is 1. The normalized spacial score (nSPS) is 18.8. The Morgan fingerprint density at radius 2 is 2.22 bits per heavy atom. The number of allylic oxidation sites excluding steroid dienone is 1. The summed E-state index contributed by atoms with van der Waals surface area (Å²) in [6.45, 7) is 4.07. The molecule has 0 fully saturated rings. The van der Waals surface area contributed by atoms with Crippen molar-refractivity contribution in [2.24, 2.45) is 4.99 Å². The van der Waals surface area contributed by atoms with Crippen molar-refractivity contribution in [1.82, 2.24) is 0 Å². The van der Waals surface area contributed by atoms with Crippen molar-refractivity contribution in [2.75, 3.05) is 6.61 Å². The fraction of sp³-hybridized carbons (Fsp3) is 0.571. The van der Waals surface area contributed by atoms with E-state index in [2.05, 4.69) is 4.99 Å². The maximum atomic E-state index is 8.69. The van der Waals surface area contributed by atoms with Gasteiger partial charge in [0.2, 0.25) is 0 Å². The van der Waals surface area contributed by atoms with Crippen LogP contribution in [-0.4, -0.2) is 17.4 Å². The highest BCUT2D eigenvalue weighted by molar-refractivity contribution is 5.87. The van der Waals surface area contributed by atoms with Crippen molar-refractivity contribution in [1.29, 1.82) is 0 Å². The predicted molar refractivity (Wildman–Crippen MR) is 37.5 cm³/mol. The van der Waals surface area contributed by atoms with Gasteiger partial charge in [-0.1, -0.05) is 0 Å². The van der Waals surface area contributed by atoms with E-state index in [9.17, 15) is 0 Å². The van der Waals surface area contributed by atoms with Gasteiger partial charge >= 0.3 is 0 Å². The van der Waals surface area contributed by atoms with Crippen molar-refractivity contribution in [3.8, 4) is 0 Å². The number of rotatable bonds is 1. The summed E-state index contributed by atoms with van der Waals surface area (Å²) in [4.78, 5) is 4.13. The van der Waals surface area contributed by atoms with Gasteiger partial charge < -0.3 is 5.11 Å². The Kier molecular flexibility index (Phi) is 1.67. The zero-order chi connectivity index (χ0) is 6.85. The molecule has 1 rings (SSSR count). The third-order valence-electron chi connectivity index (χ3n) is 1.49. The van der Waals surface area contributed by atoms with Crippen molar-refractivity contribution in [3.63, 3.8) is 0 Å². The van der Waals surface area contributed by atoms with Crippen LogP contribution in [0.4, 0.5) is 0 Å². The molecule has 1 aliphatic heterocycles. The van der Waals surface area contributed by atoms with E-state index in [1.807, 2.05) is 13.8 Å². The van der Waals surface area contributed by atoms with Crippen LogP contribution in [0.15, 0.2) is 16.3 Å². The summed E-state index contributed by atoms with van der Waals surface area (Å²) in [5.74, 6) is 0. The van der Waals surface area contributed by atoms with E-state index in [1.54, 1.807) is 0 Å². The molecular weight excluding hydrogens is 114 g/mol. The molecule has 0 spiro atoms. The van der Waals surface area contributed by atoms with Crippen molar-refractivity contribution >= 4 is 5.71 Å². The number of hydrogen-bond acceptors (Lipinski definition) is 2. The van der Waals surface area contributed by atoms with Crippen LogP contribution >= 0.6 is 0 Å². The van der Waals surface area contributed by atoms with Gasteiger partial charge in [0.1, 0.15) is 0 Å². The highest BCUT2D eigenvalue weighted by atomic mass is 16.3. The van der Waals surface area contributed by atoms with E-state index in [0.29, 0.717) is 0 Å². The molecular formula is C7H11NO. The second-order valence-electron chi connectivity index (χ2n) is 2.41. The predicted octanol–water partition coefficient (Wildman–Crippen LogP) is 1.12. The molecule has 1 N–H and O–H groups in total. The minimum absolute atomic E-state index is 0.0865. The monoisotopic (exact) mass is 125 g/mol. The topological polar surface area (TPSA) is 32.6 Å². The summed E-state index contributed by atoms with van der Waals surface area (Å²) in [5, 5.41) is 8.69. The summed E-state index contributed by atoms with van der Waals surface area (Å²) >= 11 is 0. The zero-order valence-corrected chi connectivity index (χ0v) is 5.81. The first-order valence-electron chi connectivity index (χ1n) is 3.07. The van der Waals surface area contributed by atoms with Gasteiger partial charge in [-0.05, 0) is 19.4 Å². The van der Waals surface area contributed by atoms with Crippen LogP contribution in [0.3, 0.4) is 0 Å². The Hall–Kier alpha value is -0.630. The van der Waals surface area contributed by atoms with Crippen molar-refractivity contribution in [3.05, 3.63) is 11.3 Å². The van der Waals surface area contributed by atoms with Crippen LogP contribution in [0.25, 0.3) is 0 Å². The Morgan fingerprint density at radius 1 is 1.56 bits per heavy atom. The fourth-order valence-corrected chi connectivity index (χ4v) is 1.02. The smallest absolute Gasteiger partial charge is 0.0852 e. The first-order valence-corrected chi connectivity index (χ1v) is 3.07. The number of aliphatic hydroxyl groups excluding tert-OH is 1. The highest BCUT2D eigenvalue weighted by Gasteiger charge is 2.08. The molecule has 0 amide bonds. The average Bonchev–Trinajstić information content (AvgIpc) is 2.10. The second-order valence-corrected chi connectivity index (χ2v) is 2.41. The molecule has 0 saturated heterocycles. The lowest BCUT2D eigenvalue weighted by molar-refractivity contribution is 0.329. The van der Waals surface area contributed by atoms with Crippen LogP contribution in [0, 0.1) is 0 Å². The van der Waals surface area contributed by atoms with E-state index < -0.39 is 0 Å². The SMILES string of the molecule is CC1=NC(CO)=C(C)C1. The quantitative estimate of drug-likeness (QED) is 0.559. The molecule has 0 bridgehead atoms. The summed E-state index contributed by atoms with van der Waals surface area (Å²) in [7, 11) is 0. The minimum atomic E-state index is 0.0865. The lowest BCUT2D eigenvalue weighted by Gasteiger charge is -1.91. The van der Waals surface area contributed by atoms with E-state index >= 15 is 0 Å². The summed E-state index contributed by atoms with van der Waals surface area (Å²) in [6, 6.07) is 0. The highest BCUT2D eigenvalue weighted by Crippen LogP contribution is 2.17. The Labute approximate surface area is 54.9 Å². The second kappa shape index (κ2) is 2.31. The Morgan fingerprint density at radius 3 is 2.44 bits per heavy atom. The zero-order valence-electron chi connectivity index (χ0n) is 5.81. The van der Waals surface area contributed by atoms with Gasteiger partial charge in [0.15, 0.2) is 0 Å². The Bertz CT molecular complexity index is 179. The van der Waals surface area contributed by atoms with Crippen LogP contribution in [0.5, 0.6) is 0 Å². The third-order valence-corrected chi connectivity index (χ3v) is 1.49. The van der Waals surface area contributed by atoms with Gasteiger partial charge in [-0.25, -0.2) is 0 Å². The summed E-state index contributed by atoms with van der Waals surface area (Å²) < 4.78 is 0. The fourth-order valence-electron chi connectivity index (χ4n) is 1.02. The number of hydrogen-bond donors (Lipinski definition) is 1. The molecule has 0 unspecified atom stereocenters. The number of aliphatic hydroxyl groups is 1. The summed E-state index contributed by atoms with van der Waals surface area (Å²) in [6.07, 6.45) is 0.940. The molecule has 0 radical (unpaired) electrons. The minimum Gasteiger partial charge on any atom is -0.390 e. The molecule has 0 aliphatic carbocycles. The van der Waals surface area contributed by atoms with Crippen LogP contribution < -0.4 is 0 Å². The van der Waals surface area contributed by atoms with E-state index in [-0.39, 0.29) is 6.61 Å². The molecule has 2 heteroatoms. The first-order chi connectivity index (χ1) is 4.24. The van der Waals surface area contributed by atoms with E-state index in [1.165, 1.54) is 5.57 Å². The molecule has 0 aromatic carbocycles. The van der Waals surface area contributed by atoms with Crippen LogP contribution in [-0.2, 0) is 0 Å².